The lowest BCUT2D eigenvalue weighted by molar-refractivity contribution is -0.904. The van der Waals surface area contributed by atoms with E-state index in [9.17, 15) is 64.9 Å². The van der Waals surface area contributed by atoms with Crippen LogP contribution in [0.3, 0.4) is 0 Å². The molecule has 3 aliphatic heterocycles. The Morgan fingerprint density at radius 1 is 0.677 bits per heavy atom. The number of nitrogens with zero attached hydrogens (tertiary/aromatic N) is 7. The molecule has 1 saturated heterocycles. The number of quaternary nitrogens is 2. The lowest BCUT2D eigenvalue weighted by Crippen LogP contribution is -2.52. The average molecular weight is 1020 g/mol. The number of aromatic nitrogens is 1. The molecule has 2 atom stereocenters. The molecule has 1 aromatic heterocycles. The summed E-state index contributed by atoms with van der Waals surface area (Å²) in [6, 6.07) is 11.2. The minimum atomic E-state index is -4.35. The smallest absolute Gasteiger partial charge is 0.236 e. The van der Waals surface area contributed by atoms with Gasteiger partial charge in [0.1, 0.15) is 46.3 Å². The SMILES string of the molecule is CC1CC[N+](C)(CS(=O)(=O)[O-])CC1.CC1N(C)C=CN1CS(=O)(=O)[O-].CC1N(C)C=CN1Cc1ccc(S(=O)(=O)[O-])cc1.C[N+](C)(C)CCS(=O)(=O)[O-].Cc1cccc[n+]1CS(=O)(=O)[O-]. The summed E-state index contributed by atoms with van der Waals surface area (Å²) in [7, 11) is -9.63. The van der Waals surface area contributed by atoms with Gasteiger partial charge < -0.3 is 51.3 Å². The molecule has 374 valence electrons. The van der Waals surface area contributed by atoms with Gasteiger partial charge in [-0.05, 0) is 50.3 Å². The van der Waals surface area contributed by atoms with Gasteiger partial charge in [0.25, 0.3) is 0 Å². The fraction of sp³-hybridized carbons (Fsp3) is 0.605. The minimum Gasteiger partial charge on any atom is -0.748 e. The van der Waals surface area contributed by atoms with Crippen LogP contribution in [0.1, 0.15) is 44.9 Å². The predicted molar refractivity (Wildman–Crippen MR) is 236 cm³/mol. The predicted octanol–water partition coefficient (Wildman–Crippen LogP) is 0.0976. The van der Waals surface area contributed by atoms with Gasteiger partial charge in [-0.2, -0.15) is 4.57 Å². The van der Waals surface area contributed by atoms with Gasteiger partial charge >= 0.3 is 0 Å². The summed E-state index contributed by atoms with van der Waals surface area (Å²) in [5, 5.41) is 0. The molecule has 0 bridgehead atoms. The number of likely N-dealkylation sites (tertiary alicyclic amines) is 1. The van der Waals surface area contributed by atoms with Gasteiger partial charge in [-0.3, -0.25) is 0 Å². The van der Waals surface area contributed by atoms with Crippen molar-refractivity contribution >= 4 is 50.6 Å². The van der Waals surface area contributed by atoms with Gasteiger partial charge in [0, 0.05) is 64.5 Å². The number of benzene rings is 1. The largest absolute Gasteiger partial charge is 0.748 e. The van der Waals surface area contributed by atoms with E-state index in [4.69, 9.17) is 0 Å². The van der Waals surface area contributed by atoms with Crippen LogP contribution in [0.25, 0.3) is 0 Å². The molecule has 5 rings (SSSR count). The normalized spacial score (nSPS) is 21.2. The fourth-order valence-corrected chi connectivity index (χ4v) is 9.49. The molecule has 0 aliphatic carbocycles. The van der Waals surface area contributed by atoms with Crippen LogP contribution in [0.15, 0.2) is 78.4 Å². The Kier molecular flexibility index (Phi) is 22.5. The van der Waals surface area contributed by atoms with Crippen LogP contribution in [0.4, 0.5) is 0 Å². The van der Waals surface area contributed by atoms with Crippen molar-refractivity contribution < 1.29 is 78.4 Å². The van der Waals surface area contributed by atoms with E-state index in [-0.39, 0.29) is 28.9 Å². The standard InChI is InChI=1S/C12H16N2O3S.C8H17NO3S.C7H9NO3S.C6H12N2O3S.C5H13NO3S/c1-10-13(2)7-8-14(10)9-11-3-5-12(6-4-11)18(15,16)17;1-8-3-5-9(2,6-4-8)7-13(10,11)12;1-7-4-2-3-5-8(7)6-12(9,10)11;1-6-7(2)3-4-8(6)5-12(9,10)11;1-6(2,3)4-5-10(7,8)9/h3-8,10H,9H2,1-2H3,(H,15,16,17);8H,3-7H2,1-2H3;2-5H,6H2,1H3;3-4,6H,5H2,1-2H3,(H,9,10,11);4-5H2,1-3H3/p-2. The van der Waals surface area contributed by atoms with Crippen LogP contribution in [-0.4, -0.2) is 185 Å². The summed E-state index contributed by atoms with van der Waals surface area (Å²) >= 11 is 0. The van der Waals surface area contributed by atoms with E-state index < -0.39 is 62.3 Å². The summed E-state index contributed by atoms with van der Waals surface area (Å²) in [4.78, 5) is 7.32. The zero-order chi connectivity index (χ0) is 50.4. The number of rotatable bonds is 12. The number of pyridine rings is 1. The number of piperidine rings is 1. The number of hydrogen-bond acceptors (Lipinski definition) is 19. The molecule has 27 heteroatoms. The first-order chi connectivity index (χ1) is 29.3. The molecule has 1 aromatic carbocycles. The zero-order valence-electron chi connectivity index (χ0n) is 38.5. The quantitative estimate of drug-likeness (QED) is 0.155. The molecule has 0 spiro atoms. The van der Waals surface area contributed by atoms with Crippen molar-refractivity contribution in [3.8, 4) is 0 Å². The summed E-state index contributed by atoms with van der Waals surface area (Å²) in [5.74, 6) is -0.828. The lowest BCUT2D eigenvalue weighted by Gasteiger charge is -2.40. The van der Waals surface area contributed by atoms with Crippen molar-refractivity contribution in [2.75, 3.05) is 79.4 Å². The Labute approximate surface area is 387 Å². The molecule has 3 aliphatic rings. The first kappa shape index (κ1) is 59.5. The van der Waals surface area contributed by atoms with E-state index >= 15 is 0 Å². The third kappa shape index (κ3) is 26.4. The van der Waals surface area contributed by atoms with E-state index in [0.29, 0.717) is 28.0 Å². The van der Waals surface area contributed by atoms with Crippen LogP contribution in [0, 0.1) is 12.8 Å². The van der Waals surface area contributed by atoms with Crippen LogP contribution < -0.4 is 4.57 Å². The average Bonchev–Trinajstić information content (AvgIpc) is 3.62. The first-order valence-electron chi connectivity index (χ1n) is 20.0. The Bertz CT molecular complexity index is 2440. The molecule has 65 heavy (non-hydrogen) atoms. The molecule has 0 saturated carbocycles. The summed E-state index contributed by atoms with van der Waals surface area (Å²) in [5.41, 5.74) is 1.71. The number of aryl methyl sites for hydroxylation is 1. The van der Waals surface area contributed by atoms with Crippen molar-refractivity contribution in [1.82, 2.24) is 19.6 Å². The molecule has 4 heterocycles. The van der Waals surface area contributed by atoms with Crippen LogP contribution in [0.5, 0.6) is 0 Å². The van der Waals surface area contributed by atoms with E-state index in [2.05, 4.69) is 23.6 Å². The van der Waals surface area contributed by atoms with E-state index in [1.165, 1.54) is 21.6 Å². The van der Waals surface area contributed by atoms with Crippen molar-refractivity contribution in [1.29, 1.82) is 0 Å². The van der Waals surface area contributed by atoms with Crippen LogP contribution >= 0.6 is 0 Å². The van der Waals surface area contributed by atoms with Gasteiger partial charge in [0.2, 0.25) is 5.88 Å². The van der Waals surface area contributed by atoms with E-state index in [0.717, 1.165) is 37.2 Å². The Hall–Kier alpha value is -3.48. The molecule has 0 amide bonds. The second-order valence-electron chi connectivity index (χ2n) is 17.4. The molecule has 0 N–H and O–H groups in total. The van der Waals surface area contributed by atoms with Gasteiger partial charge in [0.15, 0.2) is 27.9 Å². The second-order valence-corrected chi connectivity index (χ2v) is 24.4. The summed E-state index contributed by atoms with van der Waals surface area (Å²) in [6.45, 7) is 10.5. The Morgan fingerprint density at radius 3 is 1.52 bits per heavy atom. The second kappa shape index (κ2) is 24.5. The van der Waals surface area contributed by atoms with Crippen LogP contribution in [-0.2, 0) is 63.0 Å². The monoisotopic (exact) mass is 1020 g/mol. The number of hydrogen-bond donors (Lipinski definition) is 0. The summed E-state index contributed by atoms with van der Waals surface area (Å²) in [6.07, 6.45) is 11.1. The molecular formula is C38H65N7O15S5-2. The highest BCUT2D eigenvalue weighted by molar-refractivity contribution is 7.86. The van der Waals surface area contributed by atoms with Gasteiger partial charge in [0.05, 0.1) is 70.8 Å². The lowest BCUT2D eigenvalue weighted by atomic mass is 9.98. The van der Waals surface area contributed by atoms with Crippen molar-refractivity contribution in [2.45, 2.75) is 70.2 Å². The highest BCUT2D eigenvalue weighted by Gasteiger charge is 2.30. The maximum Gasteiger partial charge on any atom is 0.236 e. The van der Waals surface area contributed by atoms with Gasteiger partial charge in [-0.15, -0.1) is 0 Å². The Balaban J connectivity index is 0.000000413. The highest BCUT2D eigenvalue weighted by Crippen LogP contribution is 2.22. The van der Waals surface area contributed by atoms with Crippen LogP contribution in [0.2, 0.25) is 0 Å². The molecular weight excluding hydrogens is 955 g/mol. The zero-order valence-corrected chi connectivity index (χ0v) is 42.6. The highest BCUT2D eigenvalue weighted by atomic mass is 32.2. The van der Waals surface area contributed by atoms with Gasteiger partial charge in [-0.1, -0.05) is 25.1 Å². The molecule has 2 aromatic rings. The Morgan fingerprint density at radius 2 is 1.17 bits per heavy atom. The van der Waals surface area contributed by atoms with Crippen molar-refractivity contribution in [3.63, 3.8) is 0 Å². The van der Waals surface area contributed by atoms with E-state index in [1.807, 2.05) is 66.5 Å². The topological polar surface area (TPSA) is 303 Å². The third-order valence-electron chi connectivity index (χ3n) is 10.3. The fourth-order valence-electron chi connectivity index (χ4n) is 5.93. The van der Waals surface area contributed by atoms with Gasteiger partial charge in [-0.25, -0.2) is 42.1 Å². The van der Waals surface area contributed by atoms with Crippen molar-refractivity contribution in [3.05, 3.63) is 84.7 Å². The third-order valence-corrected chi connectivity index (χ3v) is 14.0. The van der Waals surface area contributed by atoms with Crippen molar-refractivity contribution in [2.24, 2.45) is 5.92 Å². The maximum absolute atomic E-state index is 10.8. The molecule has 22 nitrogen and oxygen atoms in total. The summed E-state index contributed by atoms with van der Waals surface area (Å²) < 4.78 is 159. The molecule has 1 fully saturated rings. The minimum absolute atomic E-state index is 0.0614. The van der Waals surface area contributed by atoms with E-state index in [1.54, 1.807) is 55.9 Å². The maximum atomic E-state index is 10.8. The first-order valence-corrected chi connectivity index (χ1v) is 27.7. The molecule has 2 unspecified atom stereocenters. The molecule has 0 radical (unpaired) electrons.